The number of anilines is 2. The summed E-state index contributed by atoms with van der Waals surface area (Å²) in [5, 5.41) is 3.00. The molecule has 1 saturated carbocycles. The third-order valence-electron chi connectivity index (χ3n) is 5.02. The van der Waals surface area contributed by atoms with E-state index in [4.69, 9.17) is 5.73 Å². The normalized spacial score (nSPS) is 25.6. The summed E-state index contributed by atoms with van der Waals surface area (Å²) in [6.45, 7) is 3.52. The first kappa shape index (κ1) is 14.4. The topological polar surface area (TPSA) is 58.4 Å². The number of hydrogen-bond donors (Lipinski definition) is 2. The number of fused-ring (bicyclic) bond motifs is 1. The largest absolute Gasteiger partial charge is 0.397 e. The van der Waals surface area contributed by atoms with Crippen LogP contribution in [0.15, 0.2) is 18.2 Å². The summed E-state index contributed by atoms with van der Waals surface area (Å²) in [5.74, 6) is 0.874. The zero-order chi connectivity index (χ0) is 14.8. The van der Waals surface area contributed by atoms with Crippen LogP contribution in [0.3, 0.4) is 0 Å². The molecule has 1 heterocycles. The summed E-state index contributed by atoms with van der Waals surface area (Å²) in [6.07, 6.45) is 6.48. The van der Waals surface area contributed by atoms with Gasteiger partial charge >= 0.3 is 0 Å². The molecule has 2 aliphatic rings. The van der Waals surface area contributed by atoms with E-state index in [1.54, 1.807) is 0 Å². The molecule has 21 heavy (non-hydrogen) atoms. The first-order valence-corrected chi connectivity index (χ1v) is 8.04. The molecule has 1 saturated heterocycles. The fraction of sp³-hybridized carbons (Fsp3) is 0.588. The van der Waals surface area contributed by atoms with Gasteiger partial charge in [0.25, 0.3) is 0 Å². The molecule has 4 nitrogen and oxygen atoms in total. The maximum Gasteiger partial charge on any atom is 0.238 e. The van der Waals surface area contributed by atoms with Gasteiger partial charge in [-0.3, -0.25) is 9.69 Å². The van der Waals surface area contributed by atoms with Crippen LogP contribution >= 0.6 is 0 Å². The molecular formula is C17H25N3O. The van der Waals surface area contributed by atoms with Crippen molar-refractivity contribution in [2.24, 2.45) is 5.92 Å². The zero-order valence-electron chi connectivity index (χ0n) is 12.8. The van der Waals surface area contributed by atoms with Gasteiger partial charge in [-0.2, -0.15) is 0 Å². The molecule has 0 radical (unpaired) electrons. The lowest BCUT2D eigenvalue weighted by atomic mass is 9.92. The number of nitrogens with two attached hydrogens (primary N) is 1. The fourth-order valence-electron chi connectivity index (χ4n) is 3.98. The molecular weight excluding hydrogens is 262 g/mol. The average Bonchev–Trinajstić information content (AvgIpc) is 2.93. The summed E-state index contributed by atoms with van der Waals surface area (Å²) in [5.41, 5.74) is 8.38. The van der Waals surface area contributed by atoms with E-state index in [1.165, 1.54) is 32.1 Å². The molecule has 1 aliphatic carbocycles. The number of para-hydroxylation sites is 1. The van der Waals surface area contributed by atoms with Gasteiger partial charge in [0.05, 0.1) is 17.9 Å². The Labute approximate surface area is 126 Å². The van der Waals surface area contributed by atoms with Crippen LogP contribution < -0.4 is 11.1 Å². The summed E-state index contributed by atoms with van der Waals surface area (Å²) in [4.78, 5) is 14.7. The summed E-state index contributed by atoms with van der Waals surface area (Å²) >= 11 is 0. The molecule has 2 unspecified atom stereocenters. The average molecular weight is 287 g/mol. The second-order valence-electron chi connectivity index (χ2n) is 6.46. The van der Waals surface area contributed by atoms with E-state index >= 15 is 0 Å². The molecule has 0 aromatic heterocycles. The summed E-state index contributed by atoms with van der Waals surface area (Å²) < 4.78 is 0. The molecule has 3 N–H and O–H groups in total. The second kappa shape index (κ2) is 6.06. The summed E-state index contributed by atoms with van der Waals surface area (Å²) in [6, 6.07) is 6.34. The quantitative estimate of drug-likeness (QED) is 0.840. The van der Waals surface area contributed by atoms with Crippen molar-refractivity contribution in [3.63, 3.8) is 0 Å². The van der Waals surface area contributed by atoms with Gasteiger partial charge in [0.15, 0.2) is 0 Å². The van der Waals surface area contributed by atoms with E-state index in [2.05, 4.69) is 10.2 Å². The molecule has 1 amide bonds. The molecule has 0 spiro atoms. The Balaban J connectivity index is 1.64. The molecule has 0 bridgehead atoms. The molecule has 3 rings (SSSR count). The van der Waals surface area contributed by atoms with Crippen LogP contribution in [0.25, 0.3) is 0 Å². The lowest BCUT2D eigenvalue weighted by Crippen LogP contribution is -2.46. The molecule has 4 heteroatoms. The number of amides is 1. The highest BCUT2D eigenvalue weighted by Crippen LogP contribution is 2.36. The monoisotopic (exact) mass is 287 g/mol. The van der Waals surface area contributed by atoms with Gasteiger partial charge in [-0.1, -0.05) is 18.6 Å². The van der Waals surface area contributed by atoms with Gasteiger partial charge in [0.2, 0.25) is 5.91 Å². The van der Waals surface area contributed by atoms with Crippen molar-refractivity contribution >= 4 is 17.3 Å². The van der Waals surface area contributed by atoms with Crippen LogP contribution in [0.2, 0.25) is 0 Å². The maximum absolute atomic E-state index is 12.4. The third kappa shape index (κ3) is 3.05. The molecule has 1 aromatic rings. The van der Waals surface area contributed by atoms with Gasteiger partial charge in [-0.25, -0.2) is 0 Å². The smallest absolute Gasteiger partial charge is 0.238 e. The van der Waals surface area contributed by atoms with Crippen molar-refractivity contribution < 1.29 is 4.79 Å². The van der Waals surface area contributed by atoms with Crippen molar-refractivity contribution in [3.05, 3.63) is 23.8 Å². The Hall–Kier alpha value is -1.55. The van der Waals surface area contributed by atoms with Crippen molar-refractivity contribution in [2.45, 2.75) is 45.1 Å². The number of hydrogen-bond acceptors (Lipinski definition) is 3. The predicted molar refractivity (Wildman–Crippen MR) is 86.2 cm³/mol. The van der Waals surface area contributed by atoms with E-state index in [0.29, 0.717) is 18.3 Å². The number of nitrogens with zero attached hydrogens (tertiary/aromatic N) is 1. The van der Waals surface area contributed by atoms with E-state index < -0.39 is 0 Å². The lowest BCUT2D eigenvalue weighted by molar-refractivity contribution is -0.118. The van der Waals surface area contributed by atoms with Gasteiger partial charge in [-0.15, -0.1) is 0 Å². The highest BCUT2D eigenvalue weighted by Gasteiger charge is 2.35. The van der Waals surface area contributed by atoms with E-state index in [0.717, 1.165) is 23.7 Å². The van der Waals surface area contributed by atoms with E-state index in [9.17, 15) is 4.79 Å². The number of likely N-dealkylation sites (tertiary alicyclic amines) is 1. The Bertz CT molecular complexity index is 509. The fourth-order valence-corrected chi connectivity index (χ4v) is 3.98. The van der Waals surface area contributed by atoms with Crippen LogP contribution in [-0.2, 0) is 4.79 Å². The number of rotatable bonds is 3. The molecule has 2 fully saturated rings. The Morgan fingerprint density at radius 3 is 2.95 bits per heavy atom. The van der Waals surface area contributed by atoms with Gasteiger partial charge in [0.1, 0.15) is 0 Å². The number of aryl methyl sites for hydroxylation is 1. The number of carbonyl (C=O) groups excluding carboxylic acids is 1. The zero-order valence-corrected chi connectivity index (χ0v) is 12.8. The number of benzene rings is 1. The van der Waals surface area contributed by atoms with E-state index in [-0.39, 0.29) is 5.91 Å². The van der Waals surface area contributed by atoms with E-state index in [1.807, 2.05) is 25.1 Å². The molecule has 114 valence electrons. The minimum atomic E-state index is 0.0588. The van der Waals surface area contributed by atoms with Crippen LogP contribution in [0, 0.1) is 12.8 Å². The number of nitrogen functional groups attached to an aromatic ring is 1. The Morgan fingerprint density at radius 1 is 1.33 bits per heavy atom. The van der Waals surface area contributed by atoms with Crippen LogP contribution in [-0.4, -0.2) is 29.9 Å². The van der Waals surface area contributed by atoms with Crippen molar-refractivity contribution in [2.75, 3.05) is 24.1 Å². The maximum atomic E-state index is 12.4. The van der Waals surface area contributed by atoms with Crippen LogP contribution in [0.4, 0.5) is 11.4 Å². The first-order valence-electron chi connectivity index (χ1n) is 8.04. The van der Waals surface area contributed by atoms with Crippen molar-refractivity contribution in [3.8, 4) is 0 Å². The first-order chi connectivity index (χ1) is 10.1. The highest BCUT2D eigenvalue weighted by molar-refractivity contribution is 5.96. The summed E-state index contributed by atoms with van der Waals surface area (Å²) in [7, 11) is 0. The molecule has 1 aromatic carbocycles. The van der Waals surface area contributed by atoms with Crippen molar-refractivity contribution in [1.29, 1.82) is 0 Å². The number of piperidine rings is 1. The number of nitrogens with one attached hydrogen (secondary N) is 1. The highest BCUT2D eigenvalue weighted by atomic mass is 16.2. The van der Waals surface area contributed by atoms with Gasteiger partial charge in [0, 0.05) is 6.04 Å². The second-order valence-corrected chi connectivity index (χ2v) is 6.46. The molecule has 1 aliphatic heterocycles. The predicted octanol–water partition coefficient (Wildman–Crippen LogP) is 2.78. The van der Waals surface area contributed by atoms with Crippen LogP contribution in [0.1, 0.15) is 37.7 Å². The minimum absolute atomic E-state index is 0.0588. The molecule has 2 atom stereocenters. The SMILES string of the molecule is Cc1cccc(N)c1NC(=O)CN1CCCC2CCCC21. The Kier molecular flexibility index (Phi) is 4.15. The van der Waals surface area contributed by atoms with Crippen molar-refractivity contribution in [1.82, 2.24) is 4.90 Å². The Morgan fingerprint density at radius 2 is 2.14 bits per heavy atom. The third-order valence-corrected chi connectivity index (χ3v) is 5.02. The van der Waals surface area contributed by atoms with Gasteiger partial charge < -0.3 is 11.1 Å². The standard InChI is InChI=1S/C17H25N3O/c1-12-5-2-8-14(18)17(12)19-16(21)11-20-10-4-7-13-6-3-9-15(13)20/h2,5,8,13,15H,3-4,6-7,9-11,18H2,1H3,(H,19,21). The number of carbonyl (C=O) groups is 1. The van der Waals surface area contributed by atoms with Gasteiger partial charge in [-0.05, 0) is 56.7 Å². The minimum Gasteiger partial charge on any atom is -0.397 e. The van der Waals surface area contributed by atoms with Crippen LogP contribution in [0.5, 0.6) is 0 Å². The lowest BCUT2D eigenvalue weighted by Gasteiger charge is -2.37.